The fourth-order valence-electron chi connectivity index (χ4n) is 0.760. The van der Waals surface area contributed by atoms with Crippen LogP contribution in [0.3, 0.4) is 0 Å². The molecule has 19 heavy (non-hydrogen) atoms. The number of aliphatic hydroxyl groups excluding tert-OH is 1. The topological polar surface area (TPSA) is 148 Å². The molecule has 1 unspecified atom stereocenters. The summed E-state index contributed by atoms with van der Waals surface area (Å²) in [6, 6.07) is 0. The van der Waals surface area contributed by atoms with Gasteiger partial charge in [0.25, 0.3) is 20.8 Å². The van der Waals surface area contributed by atoms with Gasteiger partial charge < -0.3 is 28.5 Å². The van der Waals surface area contributed by atoms with Crippen molar-refractivity contribution in [2.45, 2.75) is 6.10 Å². The molecule has 110 valence electrons. The van der Waals surface area contributed by atoms with Crippen LogP contribution in [0.4, 0.5) is 0 Å². The van der Waals surface area contributed by atoms with Gasteiger partial charge in [-0.25, -0.2) is 0 Å². The van der Waals surface area contributed by atoms with Gasteiger partial charge in [-0.1, -0.05) is 0 Å². The molecular weight excluding hydrogens is 287 g/mol. The average Bonchev–Trinajstić information content (AvgIpc) is 2.39. The van der Waals surface area contributed by atoms with E-state index in [0.29, 0.717) is 0 Å². The molecular formula is C8H12O10P-. The summed E-state index contributed by atoms with van der Waals surface area (Å²) in [5.74, 6) is -0.857. The van der Waals surface area contributed by atoms with E-state index in [0.717, 1.165) is 0 Å². The quantitative estimate of drug-likeness (QED) is 0.309. The van der Waals surface area contributed by atoms with Crippen LogP contribution >= 0.6 is 7.82 Å². The third-order valence-electron chi connectivity index (χ3n) is 1.58. The molecule has 0 aromatic carbocycles. The molecule has 0 aromatic rings. The minimum absolute atomic E-state index is 0.0219. The molecule has 0 heterocycles. The molecule has 0 saturated carbocycles. The van der Waals surface area contributed by atoms with Crippen molar-refractivity contribution in [2.24, 2.45) is 0 Å². The lowest BCUT2D eigenvalue weighted by atomic mass is 10.4. The van der Waals surface area contributed by atoms with Gasteiger partial charge in [0.05, 0.1) is 6.61 Å². The lowest BCUT2D eigenvalue weighted by Crippen LogP contribution is -2.26. The number of aliphatic hydroxyl groups is 1. The highest BCUT2D eigenvalue weighted by Crippen LogP contribution is 2.38. The zero-order valence-corrected chi connectivity index (χ0v) is 10.5. The number of phosphoric ester groups is 1. The third-order valence-corrected chi connectivity index (χ3v) is 2.49. The highest BCUT2D eigenvalue weighted by molar-refractivity contribution is 7.45. The summed E-state index contributed by atoms with van der Waals surface area (Å²) < 4.78 is 28.2. The van der Waals surface area contributed by atoms with Crippen LogP contribution in [-0.2, 0) is 37.5 Å². The summed E-state index contributed by atoms with van der Waals surface area (Å²) in [6.07, 6.45) is -1.14. The van der Waals surface area contributed by atoms with Crippen molar-refractivity contribution in [3.05, 3.63) is 0 Å². The van der Waals surface area contributed by atoms with Crippen molar-refractivity contribution in [1.82, 2.24) is 0 Å². The number of ether oxygens (including phenoxy) is 2. The predicted octanol–water partition coefficient (Wildman–Crippen LogP) is -2.24. The molecule has 0 aliphatic carbocycles. The number of phosphoric acid groups is 1. The molecule has 0 aliphatic rings. The van der Waals surface area contributed by atoms with Crippen molar-refractivity contribution in [2.75, 3.05) is 26.4 Å². The van der Waals surface area contributed by atoms with E-state index >= 15 is 0 Å². The standard InChI is InChI=1S/C8H13O10P/c9-1-7(12)2-17-19(13,14)18-4-8(16-6-11)3-15-5-10/h5-6,8-9H,1-4H2,(H,13,14)/p-1/t8-/m1/s1. The van der Waals surface area contributed by atoms with Gasteiger partial charge in [0.15, 0.2) is 11.9 Å². The molecule has 0 aromatic heterocycles. The van der Waals surface area contributed by atoms with Gasteiger partial charge in [0.1, 0.15) is 19.8 Å². The number of rotatable bonds is 12. The minimum Gasteiger partial charge on any atom is -0.756 e. The summed E-state index contributed by atoms with van der Waals surface area (Å²) in [7, 11) is -4.79. The Hall–Kier alpha value is -1.32. The van der Waals surface area contributed by atoms with E-state index in [9.17, 15) is 23.8 Å². The molecule has 0 aliphatic heterocycles. The summed E-state index contributed by atoms with van der Waals surface area (Å²) in [5.41, 5.74) is 0. The number of Topliss-reactive ketones (excluding diaryl/α,β-unsaturated/α-hetero) is 1. The monoisotopic (exact) mass is 299 g/mol. The first-order valence-electron chi connectivity index (χ1n) is 4.82. The number of hydrogen-bond donors (Lipinski definition) is 1. The number of ketones is 1. The molecule has 0 amide bonds. The molecule has 0 radical (unpaired) electrons. The molecule has 1 N–H and O–H groups in total. The third kappa shape index (κ3) is 9.28. The van der Waals surface area contributed by atoms with Gasteiger partial charge in [-0.2, -0.15) is 0 Å². The van der Waals surface area contributed by atoms with Crippen LogP contribution in [0.15, 0.2) is 0 Å². The second-order valence-electron chi connectivity index (χ2n) is 3.00. The fourth-order valence-corrected chi connectivity index (χ4v) is 1.49. The summed E-state index contributed by atoms with van der Waals surface area (Å²) in [4.78, 5) is 41.7. The smallest absolute Gasteiger partial charge is 0.293 e. The van der Waals surface area contributed by atoms with Crippen LogP contribution in [-0.4, -0.2) is 56.4 Å². The molecule has 2 atom stereocenters. The van der Waals surface area contributed by atoms with E-state index in [1.54, 1.807) is 0 Å². The van der Waals surface area contributed by atoms with E-state index in [1.165, 1.54) is 0 Å². The SMILES string of the molecule is O=COC[C@H](COP(=O)([O-])OCC(=O)CO)OC=O. The Morgan fingerprint density at radius 2 is 1.95 bits per heavy atom. The van der Waals surface area contributed by atoms with E-state index in [-0.39, 0.29) is 12.9 Å². The number of carbonyl (C=O) groups is 3. The lowest BCUT2D eigenvalue weighted by molar-refractivity contribution is -0.228. The normalized spacial score (nSPS) is 15.1. The molecule has 0 rings (SSSR count). The second kappa shape index (κ2) is 9.59. The first-order valence-corrected chi connectivity index (χ1v) is 6.28. The summed E-state index contributed by atoms with van der Waals surface area (Å²) in [6.45, 7) is -2.70. The average molecular weight is 299 g/mol. The Morgan fingerprint density at radius 1 is 1.26 bits per heavy atom. The Bertz CT molecular complexity index is 342. The molecule has 0 fully saturated rings. The van der Waals surface area contributed by atoms with Crippen LogP contribution in [0.1, 0.15) is 0 Å². The maximum atomic E-state index is 11.1. The zero-order chi connectivity index (χ0) is 14.7. The van der Waals surface area contributed by atoms with E-state index < -0.39 is 46.1 Å². The second-order valence-corrected chi connectivity index (χ2v) is 4.41. The van der Waals surface area contributed by atoms with Crippen LogP contribution in [0, 0.1) is 0 Å². The maximum absolute atomic E-state index is 11.1. The van der Waals surface area contributed by atoms with Gasteiger partial charge >= 0.3 is 0 Å². The lowest BCUT2D eigenvalue weighted by Gasteiger charge is -2.24. The maximum Gasteiger partial charge on any atom is 0.293 e. The zero-order valence-electron chi connectivity index (χ0n) is 9.63. The fraction of sp³-hybridized carbons (Fsp3) is 0.625. The Labute approximate surface area is 107 Å². The number of carbonyl (C=O) groups excluding carboxylic acids is 3. The Morgan fingerprint density at radius 3 is 2.47 bits per heavy atom. The Balaban J connectivity index is 4.15. The van der Waals surface area contributed by atoms with Crippen LogP contribution in [0.25, 0.3) is 0 Å². The first-order chi connectivity index (χ1) is 8.95. The van der Waals surface area contributed by atoms with Gasteiger partial charge in [-0.3, -0.25) is 18.9 Å². The van der Waals surface area contributed by atoms with E-state index in [1.807, 2.05) is 0 Å². The van der Waals surface area contributed by atoms with Crippen molar-refractivity contribution in [3.8, 4) is 0 Å². The molecule has 0 bridgehead atoms. The minimum atomic E-state index is -4.79. The molecule has 0 saturated heterocycles. The van der Waals surface area contributed by atoms with Gasteiger partial charge in [-0.15, -0.1) is 0 Å². The molecule has 10 nitrogen and oxygen atoms in total. The Kier molecular flexibility index (Phi) is 8.92. The van der Waals surface area contributed by atoms with Crippen LogP contribution < -0.4 is 4.89 Å². The molecule has 11 heteroatoms. The summed E-state index contributed by atoms with van der Waals surface area (Å²) >= 11 is 0. The summed E-state index contributed by atoms with van der Waals surface area (Å²) in [5, 5.41) is 8.35. The van der Waals surface area contributed by atoms with Crippen LogP contribution in [0.2, 0.25) is 0 Å². The first kappa shape index (κ1) is 17.7. The van der Waals surface area contributed by atoms with Crippen molar-refractivity contribution in [1.29, 1.82) is 0 Å². The molecule has 0 spiro atoms. The largest absolute Gasteiger partial charge is 0.756 e. The highest BCUT2D eigenvalue weighted by atomic mass is 31.2. The van der Waals surface area contributed by atoms with E-state index in [2.05, 4.69) is 18.5 Å². The van der Waals surface area contributed by atoms with E-state index in [4.69, 9.17) is 5.11 Å². The highest BCUT2D eigenvalue weighted by Gasteiger charge is 2.17. The van der Waals surface area contributed by atoms with Crippen molar-refractivity contribution in [3.63, 3.8) is 0 Å². The predicted molar refractivity (Wildman–Crippen MR) is 54.6 cm³/mol. The van der Waals surface area contributed by atoms with Crippen molar-refractivity contribution >= 4 is 26.6 Å². The van der Waals surface area contributed by atoms with Crippen LogP contribution in [0.5, 0.6) is 0 Å². The van der Waals surface area contributed by atoms with Gasteiger partial charge in [-0.05, 0) is 0 Å². The van der Waals surface area contributed by atoms with Crippen molar-refractivity contribution < 1.29 is 47.5 Å². The number of hydrogen-bond acceptors (Lipinski definition) is 10. The van der Waals surface area contributed by atoms with Gasteiger partial charge in [0.2, 0.25) is 0 Å². The van der Waals surface area contributed by atoms with Gasteiger partial charge in [0, 0.05) is 0 Å².